The maximum Gasteiger partial charge on any atom is 0.243 e. The van der Waals surface area contributed by atoms with Gasteiger partial charge in [0.05, 0.1) is 11.4 Å². The van der Waals surface area contributed by atoms with Gasteiger partial charge in [-0.3, -0.25) is 9.69 Å². The van der Waals surface area contributed by atoms with E-state index >= 15 is 0 Å². The first-order chi connectivity index (χ1) is 10.0. The fourth-order valence-electron chi connectivity index (χ4n) is 2.33. The largest absolute Gasteiger partial charge is 0.355 e. The van der Waals surface area contributed by atoms with Crippen molar-refractivity contribution in [3.05, 3.63) is 30.3 Å². The number of benzene rings is 1. The van der Waals surface area contributed by atoms with Crippen LogP contribution in [-0.4, -0.2) is 62.8 Å². The normalized spacial score (nSPS) is 17.6. The molecule has 0 spiro atoms. The van der Waals surface area contributed by atoms with Gasteiger partial charge in [0.2, 0.25) is 15.9 Å². The van der Waals surface area contributed by atoms with Crippen molar-refractivity contribution in [3.8, 4) is 0 Å². The van der Waals surface area contributed by atoms with Crippen molar-refractivity contribution in [1.29, 1.82) is 0 Å². The predicted octanol–water partition coefficient (Wildman–Crippen LogP) is 0.129. The molecule has 1 saturated heterocycles. The molecule has 21 heavy (non-hydrogen) atoms. The summed E-state index contributed by atoms with van der Waals surface area (Å²) < 4.78 is 26.4. The molecule has 6 nitrogen and oxygen atoms in total. The van der Waals surface area contributed by atoms with E-state index in [0.29, 0.717) is 44.2 Å². The third-order valence-electron chi connectivity index (χ3n) is 3.45. The molecular formula is C14H21N3O3S. The molecule has 1 aliphatic heterocycles. The van der Waals surface area contributed by atoms with Crippen molar-refractivity contribution in [3.63, 3.8) is 0 Å². The van der Waals surface area contributed by atoms with Gasteiger partial charge in [-0.05, 0) is 19.1 Å². The van der Waals surface area contributed by atoms with Crippen LogP contribution in [0.15, 0.2) is 35.2 Å². The fourth-order valence-corrected chi connectivity index (χ4v) is 3.77. The second-order valence-electron chi connectivity index (χ2n) is 4.95. The van der Waals surface area contributed by atoms with Crippen LogP contribution in [-0.2, 0) is 14.8 Å². The smallest absolute Gasteiger partial charge is 0.243 e. The van der Waals surface area contributed by atoms with E-state index in [9.17, 15) is 13.2 Å². The number of nitrogens with zero attached hydrogens (tertiary/aromatic N) is 2. The number of carbonyl (C=O) groups excluding carboxylic acids is 1. The van der Waals surface area contributed by atoms with Crippen molar-refractivity contribution in [2.45, 2.75) is 11.8 Å². The van der Waals surface area contributed by atoms with Gasteiger partial charge in [0.15, 0.2) is 0 Å². The number of nitrogens with one attached hydrogen (secondary N) is 1. The number of piperazine rings is 1. The van der Waals surface area contributed by atoms with Crippen LogP contribution in [0.2, 0.25) is 0 Å². The van der Waals surface area contributed by atoms with E-state index in [1.807, 2.05) is 11.8 Å². The summed E-state index contributed by atoms with van der Waals surface area (Å²) in [5.74, 6) is -0.0168. The van der Waals surface area contributed by atoms with Crippen LogP contribution in [0.1, 0.15) is 6.92 Å². The van der Waals surface area contributed by atoms with E-state index in [0.717, 1.165) is 0 Å². The second-order valence-corrected chi connectivity index (χ2v) is 6.88. The van der Waals surface area contributed by atoms with Crippen LogP contribution < -0.4 is 5.32 Å². The van der Waals surface area contributed by atoms with Crippen molar-refractivity contribution in [2.24, 2.45) is 0 Å². The second kappa shape index (κ2) is 7.02. The summed E-state index contributed by atoms with van der Waals surface area (Å²) >= 11 is 0. The maximum absolute atomic E-state index is 12.4. The molecule has 1 N–H and O–H groups in total. The first-order valence-electron chi connectivity index (χ1n) is 7.08. The standard InChI is InChI=1S/C14H21N3O3S/c1-2-15-14(18)12-16-8-10-17(11-9-16)21(19,20)13-6-4-3-5-7-13/h3-7H,2,8-12H2,1H3,(H,15,18). The minimum absolute atomic E-state index is 0.0168. The van der Waals surface area contributed by atoms with E-state index in [2.05, 4.69) is 5.32 Å². The summed E-state index contributed by atoms with van der Waals surface area (Å²) in [5.41, 5.74) is 0. The third-order valence-corrected chi connectivity index (χ3v) is 5.37. The molecule has 0 aliphatic carbocycles. The molecule has 1 aromatic rings. The van der Waals surface area contributed by atoms with E-state index in [1.165, 1.54) is 4.31 Å². The minimum atomic E-state index is -3.42. The average Bonchev–Trinajstić information content (AvgIpc) is 2.49. The van der Waals surface area contributed by atoms with Crippen LogP contribution in [0.25, 0.3) is 0 Å². The summed E-state index contributed by atoms with van der Waals surface area (Å²) in [6.07, 6.45) is 0. The van der Waals surface area contributed by atoms with Crippen LogP contribution in [0.3, 0.4) is 0 Å². The van der Waals surface area contributed by atoms with Gasteiger partial charge in [-0.25, -0.2) is 8.42 Å². The van der Waals surface area contributed by atoms with Gasteiger partial charge >= 0.3 is 0 Å². The Morgan fingerprint density at radius 1 is 1.14 bits per heavy atom. The molecule has 0 atom stereocenters. The maximum atomic E-state index is 12.4. The number of hydrogen-bond acceptors (Lipinski definition) is 4. The molecule has 1 aliphatic rings. The molecule has 1 amide bonds. The SMILES string of the molecule is CCNC(=O)CN1CCN(S(=O)(=O)c2ccccc2)CC1. The zero-order valence-electron chi connectivity index (χ0n) is 12.2. The Kier molecular flexibility index (Phi) is 5.33. The molecule has 0 bridgehead atoms. The number of sulfonamides is 1. The molecule has 0 unspecified atom stereocenters. The van der Waals surface area contributed by atoms with Crippen molar-refractivity contribution < 1.29 is 13.2 Å². The lowest BCUT2D eigenvalue weighted by Gasteiger charge is -2.33. The lowest BCUT2D eigenvalue weighted by molar-refractivity contribution is -0.122. The van der Waals surface area contributed by atoms with Gasteiger partial charge in [-0.15, -0.1) is 0 Å². The Labute approximate surface area is 125 Å². The summed E-state index contributed by atoms with van der Waals surface area (Å²) in [5, 5.41) is 2.75. The Hall–Kier alpha value is -1.44. The van der Waals surface area contributed by atoms with E-state index in [1.54, 1.807) is 30.3 Å². The van der Waals surface area contributed by atoms with Crippen LogP contribution in [0, 0.1) is 0 Å². The average molecular weight is 311 g/mol. The van der Waals surface area contributed by atoms with Crippen LogP contribution in [0.5, 0.6) is 0 Å². The third kappa shape index (κ3) is 4.03. The summed E-state index contributed by atoms with van der Waals surface area (Å²) in [7, 11) is -3.42. The minimum Gasteiger partial charge on any atom is -0.355 e. The van der Waals surface area contributed by atoms with Crippen LogP contribution >= 0.6 is 0 Å². The highest BCUT2D eigenvalue weighted by atomic mass is 32.2. The van der Waals surface area contributed by atoms with Crippen molar-refractivity contribution in [2.75, 3.05) is 39.3 Å². The molecule has 2 rings (SSSR count). The molecule has 1 fully saturated rings. The molecule has 7 heteroatoms. The van der Waals surface area contributed by atoms with Gasteiger partial charge < -0.3 is 5.32 Å². The number of rotatable bonds is 5. The molecule has 1 aromatic carbocycles. The lowest BCUT2D eigenvalue weighted by Crippen LogP contribution is -2.51. The highest BCUT2D eigenvalue weighted by Crippen LogP contribution is 2.16. The van der Waals surface area contributed by atoms with E-state index in [-0.39, 0.29) is 5.91 Å². The number of likely N-dealkylation sites (N-methyl/N-ethyl adjacent to an activating group) is 1. The van der Waals surface area contributed by atoms with Gasteiger partial charge in [-0.1, -0.05) is 18.2 Å². The molecular weight excluding hydrogens is 290 g/mol. The van der Waals surface area contributed by atoms with Gasteiger partial charge in [-0.2, -0.15) is 4.31 Å². The number of hydrogen-bond donors (Lipinski definition) is 1. The first kappa shape index (κ1) is 15.9. The van der Waals surface area contributed by atoms with Gasteiger partial charge in [0, 0.05) is 32.7 Å². The quantitative estimate of drug-likeness (QED) is 0.839. The number of amides is 1. The van der Waals surface area contributed by atoms with Crippen molar-refractivity contribution in [1.82, 2.24) is 14.5 Å². The summed E-state index contributed by atoms with van der Waals surface area (Å²) in [6, 6.07) is 8.45. The zero-order valence-corrected chi connectivity index (χ0v) is 13.0. The van der Waals surface area contributed by atoms with Crippen molar-refractivity contribution >= 4 is 15.9 Å². The molecule has 0 radical (unpaired) electrons. The van der Waals surface area contributed by atoms with E-state index < -0.39 is 10.0 Å². The van der Waals surface area contributed by atoms with Crippen LogP contribution in [0.4, 0.5) is 0 Å². The molecule has 0 aromatic heterocycles. The molecule has 1 heterocycles. The highest BCUT2D eigenvalue weighted by Gasteiger charge is 2.28. The monoisotopic (exact) mass is 311 g/mol. The predicted molar refractivity (Wildman–Crippen MR) is 80.3 cm³/mol. The number of carbonyl (C=O) groups is 1. The first-order valence-corrected chi connectivity index (χ1v) is 8.52. The van der Waals surface area contributed by atoms with E-state index in [4.69, 9.17) is 0 Å². The Morgan fingerprint density at radius 3 is 2.33 bits per heavy atom. The fraction of sp³-hybridized carbons (Fsp3) is 0.500. The molecule has 0 saturated carbocycles. The summed E-state index contributed by atoms with van der Waals surface area (Å²) in [6.45, 7) is 4.79. The Morgan fingerprint density at radius 2 is 1.76 bits per heavy atom. The summed E-state index contributed by atoms with van der Waals surface area (Å²) in [4.78, 5) is 13.8. The highest BCUT2D eigenvalue weighted by molar-refractivity contribution is 7.89. The topological polar surface area (TPSA) is 69.7 Å². The van der Waals surface area contributed by atoms with Gasteiger partial charge in [0.1, 0.15) is 0 Å². The zero-order chi connectivity index (χ0) is 15.3. The molecule has 116 valence electrons. The Bertz CT molecular complexity index is 566. The lowest BCUT2D eigenvalue weighted by atomic mass is 10.3. The van der Waals surface area contributed by atoms with Gasteiger partial charge in [0.25, 0.3) is 0 Å². The Balaban J connectivity index is 1.93.